The lowest BCUT2D eigenvalue weighted by Gasteiger charge is -2.24. The van der Waals surface area contributed by atoms with Crippen molar-refractivity contribution in [3.63, 3.8) is 0 Å². The third kappa shape index (κ3) is 4.12. The molecular formula is C18H27NO5. The fraction of sp³-hybridized carbons (Fsp3) is 0.611. The first-order valence-electron chi connectivity index (χ1n) is 8.21. The number of phenols is 1. The fourth-order valence-electron chi connectivity index (χ4n) is 3.22. The molecule has 1 heterocycles. The van der Waals surface area contributed by atoms with Crippen LogP contribution in [0.2, 0.25) is 0 Å². The molecule has 0 radical (unpaired) electrons. The van der Waals surface area contributed by atoms with Crippen molar-refractivity contribution in [2.45, 2.75) is 38.7 Å². The molecule has 2 N–H and O–H groups in total. The number of aliphatic hydroxyl groups excluding tert-OH is 1. The van der Waals surface area contributed by atoms with Crippen molar-refractivity contribution in [3.05, 3.63) is 23.8 Å². The summed E-state index contributed by atoms with van der Waals surface area (Å²) in [4.78, 5) is 14.0. The Morgan fingerprint density at radius 1 is 1.33 bits per heavy atom. The number of aliphatic hydroxyl groups is 1. The van der Waals surface area contributed by atoms with Gasteiger partial charge in [-0.25, -0.2) is 4.79 Å². The predicted molar refractivity (Wildman–Crippen MR) is 90.4 cm³/mol. The molecular weight excluding hydrogens is 310 g/mol. The number of methoxy groups -OCH3 is 1. The molecule has 1 aromatic rings. The Hall–Kier alpha value is -1.95. The second kappa shape index (κ2) is 7.30. The number of carbonyl (C=O) groups excluding carboxylic acids is 1. The summed E-state index contributed by atoms with van der Waals surface area (Å²) in [5.74, 6) is 0.660. The number of benzene rings is 1. The van der Waals surface area contributed by atoms with Crippen molar-refractivity contribution in [3.8, 4) is 11.5 Å². The number of phenolic OH excluding ortho intramolecular Hbond substituents is 1. The van der Waals surface area contributed by atoms with E-state index in [0.29, 0.717) is 30.8 Å². The van der Waals surface area contributed by atoms with Gasteiger partial charge in [0.2, 0.25) is 0 Å². The van der Waals surface area contributed by atoms with Gasteiger partial charge in [-0.05, 0) is 45.2 Å². The number of hydrogen-bond donors (Lipinski definition) is 2. The minimum atomic E-state index is -0.561. The highest BCUT2D eigenvalue weighted by molar-refractivity contribution is 5.69. The van der Waals surface area contributed by atoms with Crippen LogP contribution in [0.5, 0.6) is 11.5 Å². The first-order chi connectivity index (χ1) is 11.3. The van der Waals surface area contributed by atoms with E-state index in [1.807, 2.05) is 20.8 Å². The van der Waals surface area contributed by atoms with Gasteiger partial charge < -0.3 is 24.6 Å². The third-order valence-electron chi connectivity index (χ3n) is 4.23. The zero-order chi connectivity index (χ0) is 17.9. The number of aromatic hydroxyl groups is 1. The zero-order valence-corrected chi connectivity index (χ0v) is 14.8. The maximum absolute atomic E-state index is 12.4. The Morgan fingerprint density at radius 3 is 2.62 bits per heavy atom. The van der Waals surface area contributed by atoms with E-state index in [2.05, 4.69) is 0 Å². The summed E-state index contributed by atoms with van der Waals surface area (Å²) >= 11 is 0. The van der Waals surface area contributed by atoms with Crippen LogP contribution in [-0.4, -0.2) is 53.6 Å². The van der Waals surface area contributed by atoms with Gasteiger partial charge in [0.1, 0.15) is 17.1 Å². The molecule has 2 atom stereocenters. The average Bonchev–Trinajstić information content (AvgIpc) is 2.89. The highest BCUT2D eigenvalue weighted by Gasteiger charge is 2.39. The van der Waals surface area contributed by atoms with E-state index in [1.165, 1.54) is 0 Å². The summed E-state index contributed by atoms with van der Waals surface area (Å²) < 4.78 is 10.8. The van der Waals surface area contributed by atoms with E-state index in [4.69, 9.17) is 9.47 Å². The summed E-state index contributed by atoms with van der Waals surface area (Å²) in [6, 6.07) is 5.13. The lowest BCUT2D eigenvalue weighted by molar-refractivity contribution is 0.0284. The maximum Gasteiger partial charge on any atom is 0.410 e. The molecule has 0 saturated carbocycles. The normalized spacial score (nSPS) is 21.0. The van der Waals surface area contributed by atoms with E-state index in [9.17, 15) is 15.0 Å². The molecule has 2 rings (SSSR count). The van der Waals surface area contributed by atoms with Gasteiger partial charge in [0.25, 0.3) is 0 Å². The summed E-state index contributed by atoms with van der Waals surface area (Å²) in [5, 5.41) is 19.7. The molecule has 0 aromatic heterocycles. The number of rotatable bonds is 4. The Labute approximate surface area is 143 Å². The van der Waals surface area contributed by atoms with Gasteiger partial charge in [0, 0.05) is 31.2 Å². The molecule has 6 heteroatoms. The van der Waals surface area contributed by atoms with Gasteiger partial charge in [-0.1, -0.05) is 6.07 Å². The number of likely N-dealkylation sites (tertiary alicyclic amines) is 1. The van der Waals surface area contributed by atoms with Crippen LogP contribution in [0.25, 0.3) is 0 Å². The third-order valence-corrected chi connectivity index (χ3v) is 4.23. The molecule has 1 saturated heterocycles. The van der Waals surface area contributed by atoms with Crippen molar-refractivity contribution in [2.24, 2.45) is 5.92 Å². The van der Waals surface area contributed by atoms with Crippen molar-refractivity contribution in [2.75, 3.05) is 26.8 Å². The summed E-state index contributed by atoms with van der Waals surface area (Å²) in [7, 11) is 1.56. The molecule has 1 aliphatic heterocycles. The number of amides is 1. The lowest BCUT2D eigenvalue weighted by atomic mass is 9.86. The topological polar surface area (TPSA) is 79.2 Å². The summed E-state index contributed by atoms with van der Waals surface area (Å²) in [5.41, 5.74) is 0.123. The van der Waals surface area contributed by atoms with E-state index in [-0.39, 0.29) is 30.3 Å². The molecule has 0 spiro atoms. The first kappa shape index (κ1) is 18.4. The molecule has 134 valence electrons. The lowest BCUT2D eigenvalue weighted by Crippen LogP contribution is -2.35. The summed E-state index contributed by atoms with van der Waals surface area (Å²) in [6.45, 7) is 6.42. The second-order valence-corrected chi connectivity index (χ2v) is 7.16. The van der Waals surface area contributed by atoms with Crippen molar-refractivity contribution in [1.82, 2.24) is 4.90 Å². The molecule has 1 aliphatic rings. The largest absolute Gasteiger partial charge is 0.508 e. The van der Waals surface area contributed by atoms with Crippen LogP contribution in [0.1, 0.15) is 38.7 Å². The SMILES string of the molecule is COc1cccc(O)c1[C@@H]1CN(C(=O)OC(C)(C)C)C[C@H]1CCO. The van der Waals surface area contributed by atoms with E-state index in [1.54, 1.807) is 30.2 Å². The molecule has 6 nitrogen and oxygen atoms in total. The number of hydrogen-bond acceptors (Lipinski definition) is 5. The predicted octanol–water partition coefficient (Wildman–Crippen LogP) is 2.73. The molecule has 24 heavy (non-hydrogen) atoms. The molecule has 1 amide bonds. The zero-order valence-electron chi connectivity index (χ0n) is 14.8. The Morgan fingerprint density at radius 2 is 2.04 bits per heavy atom. The van der Waals surface area contributed by atoms with Crippen LogP contribution < -0.4 is 4.74 Å². The fourth-order valence-corrected chi connectivity index (χ4v) is 3.22. The van der Waals surface area contributed by atoms with Crippen molar-refractivity contribution in [1.29, 1.82) is 0 Å². The number of nitrogens with zero attached hydrogens (tertiary/aromatic N) is 1. The minimum Gasteiger partial charge on any atom is -0.508 e. The van der Waals surface area contributed by atoms with E-state index >= 15 is 0 Å². The van der Waals surface area contributed by atoms with Crippen molar-refractivity contribution < 1.29 is 24.5 Å². The van der Waals surface area contributed by atoms with Crippen LogP contribution in [0.4, 0.5) is 4.79 Å². The van der Waals surface area contributed by atoms with Gasteiger partial charge >= 0.3 is 6.09 Å². The Kier molecular flexibility index (Phi) is 5.59. The second-order valence-electron chi connectivity index (χ2n) is 7.16. The van der Waals surface area contributed by atoms with Crippen LogP contribution in [0, 0.1) is 5.92 Å². The van der Waals surface area contributed by atoms with E-state index < -0.39 is 5.60 Å². The average molecular weight is 337 g/mol. The standard InChI is InChI=1S/C18H27NO5/c1-18(2,3)24-17(22)19-10-12(8-9-20)13(11-19)16-14(21)6-5-7-15(16)23-4/h5-7,12-13,20-21H,8-11H2,1-4H3/t12-,13-/m1/s1. The number of ether oxygens (including phenoxy) is 2. The quantitative estimate of drug-likeness (QED) is 0.883. The molecule has 1 aromatic carbocycles. The molecule has 0 aliphatic carbocycles. The van der Waals surface area contributed by atoms with Gasteiger partial charge in [0.15, 0.2) is 0 Å². The molecule has 1 fully saturated rings. The van der Waals surface area contributed by atoms with Crippen molar-refractivity contribution >= 4 is 6.09 Å². The Bertz CT molecular complexity index is 581. The van der Waals surface area contributed by atoms with Crippen LogP contribution in [0.3, 0.4) is 0 Å². The monoisotopic (exact) mass is 337 g/mol. The first-order valence-corrected chi connectivity index (χ1v) is 8.21. The number of carbonyl (C=O) groups is 1. The molecule has 0 bridgehead atoms. The van der Waals surface area contributed by atoms with Gasteiger partial charge in [0.05, 0.1) is 7.11 Å². The highest BCUT2D eigenvalue weighted by Crippen LogP contribution is 2.43. The Balaban J connectivity index is 2.27. The van der Waals surface area contributed by atoms with E-state index in [0.717, 1.165) is 0 Å². The minimum absolute atomic E-state index is 0.0270. The van der Waals surface area contributed by atoms with Crippen LogP contribution >= 0.6 is 0 Å². The maximum atomic E-state index is 12.4. The van der Waals surface area contributed by atoms with Gasteiger partial charge in [-0.15, -0.1) is 0 Å². The van der Waals surface area contributed by atoms with Gasteiger partial charge in [-0.3, -0.25) is 0 Å². The van der Waals surface area contributed by atoms with Gasteiger partial charge in [-0.2, -0.15) is 0 Å². The van der Waals surface area contributed by atoms with Crippen LogP contribution in [0.15, 0.2) is 18.2 Å². The van der Waals surface area contributed by atoms with Crippen LogP contribution in [-0.2, 0) is 4.74 Å². The highest BCUT2D eigenvalue weighted by atomic mass is 16.6. The smallest absolute Gasteiger partial charge is 0.410 e. The molecule has 0 unspecified atom stereocenters. The summed E-state index contributed by atoms with van der Waals surface area (Å²) in [6.07, 6.45) is 0.170.